The van der Waals surface area contributed by atoms with Gasteiger partial charge in [-0.1, -0.05) is 31.1 Å². The summed E-state index contributed by atoms with van der Waals surface area (Å²) in [6.07, 6.45) is 6.03. The molecule has 0 unspecified atom stereocenters. The number of allylic oxidation sites excluding steroid dienone is 1. The highest BCUT2D eigenvalue weighted by molar-refractivity contribution is 7.91. The maximum absolute atomic E-state index is 15.4. The lowest BCUT2D eigenvalue weighted by Crippen LogP contribution is -2.58. The third kappa shape index (κ3) is 6.96. The number of para-hydroxylation sites is 1. The van der Waals surface area contributed by atoms with E-state index in [0.717, 1.165) is 12.8 Å². The molecule has 4 aliphatic rings. The second-order valence-electron chi connectivity index (χ2n) is 14.9. The summed E-state index contributed by atoms with van der Waals surface area (Å²) in [4.78, 5) is 61.0. The Balaban J connectivity index is 1.17. The molecule has 0 bridgehead atoms. The largest absolute Gasteiger partial charge is 0.497 e. The van der Waals surface area contributed by atoms with Crippen LogP contribution in [-0.4, -0.2) is 91.9 Å². The normalized spacial score (nSPS) is 25.8. The Morgan fingerprint density at radius 1 is 1.05 bits per heavy atom. The van der Waals surface area contributed by atoms with Gasteiger partial charge in [-0.15, -0.1) is 0 Å². The second-order valence-corrected chi connectivity index (χ2v) is 16.9. The molecule has 0 radical (unpaired) electrons. The predicted octanol–water partition coefficient (Wildman–Crippen LogP) is 4.36. The maximum atomic E-state index is 15.4. The zero-order chi connectivity index (χ0) is 39.4. The molecule has 4 aromatic rings. The number of hydrogen-bond acceptors (Lipinski definition) is 11. The topological polar surface area (TPSA) is 195 Å². The Hall–Kier alpha value is -5.45. The minimum absolute atomic E-state index is 0.0273. The molecule has 1 saturated heterocycles. The highest BCUT2D eigenvalue weighted by atomic mass is 32.2. The van der Waals surface area contributed by atoms with Crippen molar-refractivity contribution in [3.63, 3.8) is 0 Å². The molecule has 17 heteroatoms. The number of halogens is 1. The monoisotopic (exact) mass is 791 g/mol. The summed E-state index contributed by atoms with van der Waals surface area (Å²) in [6, 6.07) is 7.30. The van der Waals surface area contributed by atoms with E-state index in [1.54, 1.807) is 24.3 Å². The quantitative estimate of drug-likeness (QED) is 0.225. The number of benzene rings is 2. The first-order valence-electron chi connectivity index (χ1n) is 18.8. The number of rotatable bonds is 7. The van der Waals surface area contributed by atoms with Crippen molar-refractivity contribution in [3.05, 3.63) is 54.4 Å². The average Bonchev–Trinajstić information content (AvgIpc) is 4.08. The van der Waals surface area contributed by atoms with E-state index in [4.69, 9.17) is 18.6 Å². The molecule has 0 spiro atoms. The summed E-state index contributed by atoms with van der Waals surface area (Å²) in [5, 5.41) is 5.68. The molecule has 2 aliphatic carbocycles. The smallest absolute Gasteiger partial charge is 0.407 e. The number of furan rings is 1. The summed E-state index contributed by atoms with van der Waals surface area (Å²) >= 11 is 0. The number of amides is 4. The van der Waals surface area contributed by atoms with Crippen LogP contribution in [0.5, 0.6) is 11.5 Å². The van der Waals surface area contributed by atoms with Gasteiger partial charge in [-0.3, -0.25) is 19.1 Å². The Bertz CT molecular complexity index is 2400. The van der Waals surface area contributed by atoms with Gasteiger partial charge in [0.1, 0.15) is 51.9 Å². The number of nitrogens with one attached hydrogen (secondary N) is 3. The van der Waals surface area contributed by atoms with Crippen LogP contribution in [0.1, 0.15) is 57.8 Å². The number of aromatic nitrogens is 1. The minimum Gasteiger partial charge on any atom is -0.497 e. The van der Waals surface area contributed by atoms with E-state index < -0.39 is 74.5 Å². The van der Waals surface area contributed by atoms with Gasteiger partial charge in [0.25, 0.3) is 5.91 Å². The van der Waals surface area contributed by atoms with Crippen molar-refractivity contribution in [1.82, 2.24) is 25.2 Å². The van der Waals surface area contributed by atoms with Crippen molar-refractivity contribution in [2.75, 3.05) is 20.8 Å². The molecule has 5 atom stereocenters. The van der Waals surface area contributed by atoms with Crippen LogP contribution in [-0.2, 0) is 29.1 Å². The van der Waals surface area contributed by atoms with Crippen LogP contribution in [0.4, 0.5) is 9.18 Å². The van der Waals surface area contributed by atoms with Gasteiger partial charge in [-0.05, 0) is 62.8 Å². The van der Waals surface area contributed by atoms with Crippen molar-refractivity contribution in [2.45, 2.75) is 86.8 Å². The van der Waals surface area contributed by atoms with E-state index in [9.17, 15) is 27.6 Å². The number of methoxy groups -OCH3 is 2. The fourth-order valence-corrected chi connectivity index (χ4v) is 9.20. The zero-order valence-electron chi connectivity index (χ0n) is 30.8. The fourth-order valence-electron chi connectivity index (χ4n) is 7.83. The first-order valence-corrected chi connectivity index (χ1v) is 20.3. The number of carbonyl (C=O) groups is 4. The summed E-state index contributed by atoms with van der Waals surface area (Å²) in [5.74, 6) is -2.49. The highest BCUT2D eigenvalue weighted by Crippen LogP contribution is 2.46. The van der Waals surface area contributed by atoms with Gasteiger partial charge < -0.3 is 34.2 Å². The van der Waals surface area contributed by atoms with Crippen molar-refractivity contribution < 1.29 is 50.6 Å². The molecule has 4 amide bonds. The number of fused-ring (bicyclic) bond motifs is 6. The van der Waals surface area contributed by atoms with Crippen molar-refractivity contribution in [2.24, 2.45) is 5.92 Å². The number of alkyl carbamates (subject to hydrolysis) is 1. The Kier molecular flexibility index (Phi) is 9.75. The van der Waals surface area contributed by atoms with Crippen LogP contribution in [0.25, 0.3) is 33.0 Å². The van der Waals surface area contributed by atoms with Crippen LogP contribution in [0.15, 0.2) is 53.0 Å². The van der Waals surface area contributed by atoms with Crippen LogP contribution in [0.3, 0.4) is 0 Å². The second kappa shape index (κ2) is 14.6. The number of hydrogen-bond donors (Lipinski definition) is 3. The highest BCUT2D eigenvalue weighted by Gasteiger charge is 2.62. The summed E-state index contributed by atoms with van der Waals surface area (Å²) in [6.45, 7) is -0.135. The first-order chi connectivity index (χ1) is 26.9. The van der Waals surface area contributed by atoms with Gasteiger partial charge in [-0.2, -0.15) is 0 Å². The van der Waals surface area contributed by atoms with E-state index in [1.165, 1.54) is 31.3 Å². The van der Waals surface area contributed by atoms with Crippen LogP contribution in [0, 0.1) is 11.7 Å². The van der Waals surface area contributed by atoms with E-state index in [2.05, 4.69) is 20.3 Å². The molecule has 2 aliphatic heterocycles. The van der Waals surface area contributed by atoms with Crippen molar-refractivity contribution >= 4 is 66.8 Å². The minimum atomic E-state index is -3.93. The number of ether oxygens (including phenoxy) is 3. The molecular formula is C39H42FN5O10S. The Labute approximate surface area is 321 Å². The molecule has 2 aromatic heterocycles. The number of carbonyl (C=O) groups excluding carboxylic acids is 4. The molecule has 8 rings (SSSR count). The van der Waals surface area contributed by atoms with E-state index in [0.29, 0.717) is 53.3 Å². The van der Waals surface area contributed by atoms with E-state index in [-0.39, 0.29) is 42.7 Å². The molecule has 15 nitrogen and oxygen atoms in total. The van der Waals surface area contributed by atoms with Crippen LogP contribution in [0.2, 0.25) is 0 Å². The lowest BCUT2D eigenvalue weighted by molar-refractivity contribution is -0.141. The van der Waals surface area contributed by atoms with E-state index in [1.807, 2.05) is 12.2 Å². The number of nitrogens with zero attached hydrogens (tertiary/aromatic N) is 2. The first kappa shape index (κ1) is 37.5. The molecule has 3 fully saturated rings. The maximum Gasteiger partial charge on any atom is 0.407 e. The van der Waals surface area contributed by atoms with Crippen molar-refractivity contribution in [1.29, 1.82) is 0 Å². The average molecular weight is 792 g/mol. The Morgan fingerprint density at radius 3 is 2.64 bits per heavy atom. The van der Waals surface area contributed by atoms with Gasteiger partial charge in [0, 0.05) is 29.2 Å². The summed E-state index contributed by atoms with van der Waals surface area (Å²) < 4.78 is 66.4. The van der Waals surface area contributed by atoms with Crippen LogP contribution >= 0.6 is 0 Å². The van der Waals surface area contributed by atoms with Gasteiger partial charge in [0.15, 0.2) is 11.3 Å². The summed E-state index contributed by atoms with van der Waals surface area (Å²) in [5.41, 5.74) is -0.566. The third-order valence-corrected chi connectivity index (χ3v) is 13.0. The molecular weight excluding hydrogens is 750 g/mol. The lowest BCUT2D eigenvalue weighted by Gasteiger charge is -2.29. The van der Waals surface area contributed by atoms with Gasteiger partial charge >= 0.3 is 6.09 Å². The molecule has 3 N–H and O–H groups in total. The van der Waals surface area contributed by atoms with E-state index >= 15 is 4.39 Å². The van der Waals surface area contributed by atoms with Gasteiger partial charge in [-0.25, -0.2) is 22.6 Å². The van der Waals surface area contributed by atoms with Gasteiger partial charge in [0.2, 0.25) is 21.8 Å². The number of pyridine rings is 1. The third-order valence-electron chi connectivity index (χ3n) is 11.1. The summed E-state index contributed by atoms with van der Waals surface area (Å²) in [7, 11) is -1.23. The van der Waals surface area contributed by atoms with Gasteiger partial charge in [0.05, 0.1) is 26.0 Å². The standard InChI is InChI=1S/C39H42FN5O10S/c1-52-22-13-16-25-30(18-22)55-34-32(25)42-31-26(10-8-11-27(31)40)33(34)54-23-17-29-35(46)43-39(37(48)44-56(50,51)24-14-15-24)19-21(39)9-6-4-3-5-7-12-28(41-38(49)53-2)36(47)45(29)20-23/h6,8-11,13,16,18,21,23-24,28-29H,3-5,7,12,14-15,17,19-20H2,1-2H3,(H,41,49)(H,43,46)(H,44,48)/t21-,23-,28+,29+,39-/m1/s1. The molecule has 56 heavy (non-hydrogen) atoms. The van der Waals surface area contributed by atoms with Crippen LogP contribution < -0.4 is 24.8 Å². The lowest BCUT2D eigenvalue weighted by atomic mass is 10.1. The fraction of sp³-hybridized carbons (Fsp3) is 0.462. The Morgan fingerprint density at radius 2 is 1.88 bits per heavy atom. The molecule has 296 valence electrons. The molecule has 4 heterocycles. The predicted molar refractivity (Wildman–Crippen MR) is 201 cm³/mol. The SMILES string of the molecule is COC(=O)N[C@H]1CCCCCC=C[C@@H]2C[C@@]2(C(=O)NS(=O)(=O)C2CC2)NC(=O)[C@@H]2C[C@@H](Oc3c4cccc(F)c4nc4c3oc3cc(OC)ccc34)CN2C1=O. The molecule has 2 saturated carbocycles. The molecule has 2 aromatic carbocycles. The van der Waals surface area contributed by atoms with Crippen molar-refractivity contribution in [3.8, 4) is 11.5 Å². The number of sulfonamides is 1. The zero-order valence-corrected chi connectivity index (χ0v) is 31.7.